The van der Waals surface area contributed by atoms with Gasteiger partial charge in [0.15, 0.2) is 0 Å². The smallest absolute Gasteiger partial charge is 0.428 e. The molecular formula is C29H33F4N3O2. The maximum atomic E-state index is 13.8. The Bertz CT molecular complexity index is 1260. The SMILES string of the molecule is NC(=O)C(C1CCCCC1)(C1CCCCC1)n1c(-c2cccc(OC(F)(F)C(F)F)c2)nc2ccccc21. The Labute approximate surface area is 219 Å². The van der Waals surface area contributed by atoms with Crippen LogP contribution < -0.4 is 10.5 Å². The molecule has 0 atom stereocenters. The van der Waals surface area contributed by atoms with Gasteiger partial charge in [-0.3, -0.25) is 4.79 Å². The monoisotopic (exact) mass is 531 g/mol. The van der Waals surface area contributed by atoms with Crippen molar-refractivity contribution in [1.82, 2.24) is 9.55 Å². The van der Waals surface area contributed by atoms with E-state index in [1.165, 1.54) is 18.2 Å². The van der Waals surface area contributed by atoms with Gasteiger partial charge < -0.3 is 15.0 Å². The average molecular weight is 532 g/mol. The van der Waals surface area contributed by atoms with Gasteiger partial charge in [-0.05, 0) is 61.8 Å². The normalized spacial score (nSPS) is 18.2. The highest BCUT2D eigenvalue weighted by atomic mass is 19.3. The molecule has 0 unspecified atom stereocenters. The van der Waals surface area contributed by atoms with Crippen LogP contribution in [0.1, 0.15) is 64.2 Å². The summed E-state index contributed by atoms with van der Waals surface area (Å²) in [5.74, 6) is -0.428. The van der Waals surface area contributed by atoms with Crippen molar-refractivity contribution < 1.29 is 27.1 Å². The number of fused-ring (bicyclic) bond motifs is 1. The molecule has 0 radical (unpaired) electrons. The third-order valence-corrected chi connectivity index (χ3v) is 8.38. The van der Waals surface area contributed by atoms with Crippen molar-refractivity contribution >= 4 is 16.9 Å². The maximum absolute atomic E-state index is 13.8. The Balaban J connectivity index is 1.74. The van der Waals surface area contributed by atoms with E-state index < -0.39 is 29.7 Å². The first-order valence-electron chi connectivity index (χ1n) is 13.5. The number of alkyl halides is 4. The minimum atomic E-state index is -4.64. The molecule has 1 amide bonds. The van der Waals surface area contributed by atoms with Crippen molar-refractivity contribution in [3.05, 3.63) is 48.5 Å². The van der Waals surface area contributed by atoms with Gasteiger partial charge in [0.05, 0.1) is 11.0 Å². The lowest BCUT2D eigenvalue weighted by Crippen LogP contribution is -2.58. The molecule has 2 saturated carbocycles. The van der Waals surface area contributed by atoms with Gasteiger partial charge in [0, 0.05) is 5.56 Å². The lowest BCUT2D eigenvalue weighted by atomic mass is 9.63. The van der Waals surface area contributed by atoms with Crippen LogP contribution in [0.4, 0.5) is 17.6 Å². The summed E-state index contributed by atoms with van der Waals surface area (Å²) in [5, 5.41) is 0. The second-order valence-electron chi connectivity index (χ2n) is 10.6. The van der Waals surface area contributed by atoms with Gasteiger partial charge in [-0.25, -0.2) is 4.98 Å². The number of nitrogens with zero attached hydrogens (tertiary/aromatic N) is 2. The molecule has 5 nitrogen and oxygen atoms in total. The number of imidazole rings is 1. The van der Waals surface area contributed by atoms with Gasteiger partial charge in [0.2, 0.25) is 5.91 Å². The molecule has 5 rings (SSSR count). The number of primary amides is 1. The Kier molecular flexibility index (Phi) is 7.38. The quantitative estimate of drug-likeness (QED) is 0.311. The van der Waals surface area contributed by atoms with Crippen LogP contribution in [0.5, 0.6) is 5.75 Å². The van der Waals surface area contributed by atoms with Crippen molar-refractivity contribution in [2.45, 2.75) is 82.3 Å². The van der Waals surface area contributed by atoms with Crippen LogP contribution in [0.3, 0.4) is 0 Å². The number of carbonyl (C=O) groups excluding carboxylic acids is 1. The van der Waals surface area contributed by atoms with Crippen LogP contribution in [0.25, 0.3) is 22.4 Å². The van der Waals surface area contributed by atoms with Crippen molar-refractivity contribution in [2.75, 3.05) is 0 Å². The molecule has 0 bridgehead atoms. The van der Waals surface area contributed by atoms with Crippen molar-refractivity contribution in [3.8, 4) is 17.1 Å². The Hall–Kier alpha value is -3.10. The lowest BCUT2D eigenvalue weighted by Gasteiger charge is -2.48. The second-order valence-corrected chi connectivity index (χ2v) is 10.6. The number of para-hydroxylation sites is 2. The fourth-order valence-electron chi connectivity index (χ4n) is 6.79. The van der Waals surface area contributed by atoms with E-state index in [1.54, 1.807) is 6.07 Å². The number of amides is 1. The molecule has 0 saturated heterocycles. The number of hydrogen-bond donors (Lipinski definition) is 1. The van der Waals surface area contributed by atoms with E-state index in [0.717, 1.165) is 69.7 Å². The highest BCUT2D eigenvalue weighted by molar-refractivity contribution is 5.90. The molecule has 1 heterocycles. The van der Waals surface area contributed by atoms with Crippen LogP contribution in [-0.4, -0.2) is 28.0 Å². The maximum Gasteiger partial charge on any atom is 0.461 e. The summed E-state index contributed by atoms with van der Waals surface area (Å²) < 4.78 is 59.5. The predicted molar refractivity (Wildman–Crippen MR) is 137 cm³/mol. The number of rotatable bonds is 8. The lowest BCUT2D eigenvalue weighted by molar-refractivity contribution is -0.253. The number of carbonyl (C=O) groups is 1. The van der Waals surface area contributed by atoms with Gasteiger partial charge in [0.25, 0.3) is 0 Å². The summed E-state index contributed by atoms with van der Waals surface area (Å²) in [6, 6.07) is 13.1. The van der Waals surface area contributed by atoms with Crippen molar-refractivity contribution in [1.29, 1.82) is 0 Å². The fraction of sp³-hybridized carbons (Fsp3) is 0.517. The molecule has 2 fully saturated rings. The summed E-state index contributed by atoms with van der Waals surface area (Å²) in [7, 11) is 0. The van der Waals surface area contributed by atoms with Crippen LogP contribution in [0.15, 0.2) is 48.5 Å². The summed E-state index contributed by atoms with van der Waals surface area (Å²) in [6.07, 6.45) is 1.02. The van der Waals surface area contributed by atoms with Gasteiger partial charge in [0.1, 0.15) is 17.1 Å². The molecule has 2 N–H and O–H groups in total. The average Bonchev–Trinajstić information content (AvgIpc) is 3.30. The topological polar surface area (TPSA) is 70.1 Å². The number of ether oxygens (including phenoxy) is 1. The predicted octanol–water partition coefficient (Wildman–Crippen LogP) is 7.28. The summed E-state index contributed by atoms with van der Waals surface area (Å²) in [4.78, 5) is 18.7. The highest BCUT2D eigenvalue weighted by Gasteiger charge is 2.53. The molecule has 1 aromatic heterocycles. The Morgan fingerprint density at radius 2 is 1.53 bits per heavy atom. The van der Waals surface area contributed by atoms with Gasteiger partial charge >= 0.3 is 12.5 Å². The zero-order chi connectivity index (χ0) is 26.9. The molecule has 38 heavy (non-hydrogen) atoms. The Morgan fingerprint density at radius 1 is 0.921 bits per heavy atom. The van der Waals surface area contributed by atoms with Crippen LogP contribution in [-0.2, 0) is 10.3 Å². The molecule has 204 valence electrons. The van der Waals surface area contributed by atoms with Crippen molar-refractivity contribution in [2.24, 2.45) is 17.6 Å². The molecular weight excluding hydrogens is 498 g/mol. The number of nitrogens with two attached hydrogens (primary N) is 1. The van der Waals surface area contributed by atoms with E-state index in [1.807, 2.05) is 28.8 Å². The first-order valence-corrected chi connectivity index (χ1v) is 13.5. The van der Waals surface area contributed by atoms with E-state index in [2.05, 4.69) is 4.74 Å². The number of halogens is 4. The standard InChI is InChI=1S/C29H33F4N3O2/c30-26(31)29(32,33)38-22-15-9-10-19(18-22)25-35-23-16-7-8-17-24(23)36(25)28(27(34)37,20-11-3-1-4-12-20)21-13-5-2-6-14-21/h7-10,15-18,20-21,26H,1-6,11-14H2,(H2,34,37). The Morgan fingerprint density at radius 3 is 2.11 bits per heavy atom. The molecule has 9 heteroatoms. The van der Waals surface area contributed by atoms with Crippen molar-refractivity contribution in [3.63, 3.8) is 0 Å². The van der Waals surface area contributed by atoms with E-state index in [0.29, 0.717) is 16.9 Å². The van der Waals surface area contributed by atoms with Crippen LogP contribution in [0.2, 0.25) is 0 Å². The first kappa shape index (κ1) is 26.5. The zero-order valence-electron chi connectivity index (χ0n) is 21.2. The minimum Gasteiger partial charge on any atom is -0.428 e. The third-order valence-electron chi connectivity index (χ3n) is 8.38. The number of benzene rings is 2. The van der Waals surface area contributed by atoms with E-state index in [9.17, 15) is 22.4 Å². The molecule has 3 aromatic rings. The molecule has 0 aliphatic heterocycles. The van der Waals surface area contributed by atoms with Crippen LogP contribution >= 0.6 is 0 Å². The molecule has 2 aliphatic rings. The van der Waals surface area contributed by atoms with E-state index in [4.69, 9.17) is 10.7 Å². The summed E-state index contributed by atoms with van der Waals surface area (Å²) in [5.41, 5.74) is 7.12. The number of hydrogen-bond acceptors (Lipinski definition) is 3. The number of aromatic nitrogens is 2. The first-order chi connectivity index (χ1) is 18.2. The minimum absolute atomic E-state index is 0.00388. The zero-order valence-corrected chi connectivity index (χ0v) is 21.2. The highest BCUT2D eigenvalue weighted by Crippen LogP contribution is 2.50. The molecule has 0 spiro atoms. The second kappa shape index (κ2) is 10.6. The largest absolute Gasteiger partial charge is 0.461 e. The fourth-order valence-corrected chi connectivity index (χ4v) is 6.79. The van der Waals surface area contributed by atoms with Gasteiger partial charge in [-0.2, -0.15) is 17.6 Å². The van der Waals surface area contributed by atoms with E-state index in [-0.39, 0.29) is 11.8 Å². The van der Waals surface area contributed by atoms with E-state index >= 15 is 0 Å². The van der Waals surface area contributed by atoms with Gasteiger partial charge in [-0.1, -0.05) is 62.8 Å². The third kappa shape index (κ3) is 4.64. The molecule has 2 aromatic carbocycles. The molecule has 2 aliphatic carbocycles. The van der Waals surface area contributed by atoms with Gasteiger partial charge in [-0.15, -0.1) is 0 Å². The summed E-state index contributed by atoms with van der Waals surface area (Å²) in [6.45, 7) is 0. The summed E-state index contributed by atoms with van der Waals surface area (Å²) >= 11 is 0. The van der Waals surface area contributed by atoms with Crippen LogP contribution in [0, 0.1) is 11.8 Å².